The van der Waals surface area contributed by atoms with E-state index in [-0.39, 0.29) is 12.0 Å². The highest BCUT2D eigenvalue weighted by atomic mass is 28.4. The fourth-order valence-electron chi connectivity index (χ4n) is 5.31. The molecule has 6 nitrogen and oxygen atoms in total. The fraction of sp³-hybridized carbons (Fsp3) is 0.591. The summed E-state index contributed by atoms with van der Waals surface area (Å²) in [6.07, 6.45) is -0.291. The first-order valence-corrected chi connectivity index (χ1v) is 12.6. The Bertz CT molecular complexity index is 779. The highest BCUT2D eigenvalue weighted by Gasteiger charge is 2.55. The Labute approximate surface area is 174 Å². The van der Waals surface area contributed by atoms with Gasteiger partial charge in [0.25, 0.3) is 11.8 Å². The Morgan fingerprint density at radius 1 is 0.862 bits per heavy atom. The lowest BCUT2D eigenvalue weighted by atomic mass is 9.93. The van der Waals surface area contributed by atoms with Gasteiger partial charge >= 0.3 is 0 Å². The fourth-order valence-corrected chi connectivity index (χ4v) is 10.9. The maximum atomic E-state index is 12.9. The lowest BCUT2D eigenvalue weighted by Gasteiger charge is -2.49. The molecular formula is C22H32N2O4Si. The summed E-state index contributed by atoms with van der Waals surface area (Å²) in [7, 11) is -2.16. The van der Waals surface area contributed by atoms with Crippen molar-refractivity contribution in [1.82, 2.24) is 10.2 Å². The third-order valence-corrected chi connectivity index (χ3v) is 12.8. The predicted octanol–water partition coefficient (Wildman–Crippen LogP) is 3.73. The summed E-state index contributed by atoms with van der Waals surface area (Å²) in [6, 6.07) is 5.50. The van der Waals surface area contributed by atoms with Crippen molar-refractivity contribution in [3.63, 3.8) is 0 Å². The lowest BCUT2D eigenvalue weighted by Crippen LogP contribution is -2.74. The van der Waals surface area contributed by atoms with Gasteiger partial charge in [0.1, 0.15) is 6.04 Å². The zero-order valence-electron chi connectivity index (χ0n) is 18.4. The lowest BCUT2D eigenvalue weighted by molar-refractivity contribution is -0.138. The molecule has 1 aromatic carbocycles. The van der Waals surface area contributed by atoms with E-state index >= 15 is 0 Å². The molecule has 2 heterocycles. The number of β-lactam (4-membered cyclic amide) rings is 1. The van der Waals surface area contributed by atoms with Crippen LogP contribution >= 0.6 is 0 Å². The average Bonchev–Trinajstić information content (AvgIpc) is 2.88. The summed E-state index contributed by atoms with van der Waals surface area (Å²) in [4.78, 5) is 39.3. The van der Waals surface area contributed by atoms with Crippen molar-refractivity contribution in [3.8, 4) is 0 Å². The number of nitrogens with one attached hydrogen (secondary N) is 1. The van der Waals surface area contributed by atoms with E-state index in [1.54, 1.807) is 24.3 Å². The molecule has 0 unspecified atom stereocenters. The van der Waals surface area contributed by atoms with E-state index < -0.39 is 32.2 Å². The molecule has 3 atom stereocenters. The van der Waals surface area contributed by atoms with Crippen molar-refractivity contribution in [1.29, 1.82) is 0 Å². The van der Waals surface area contributed by atoms with Gasteiger partial charge in [-0.2, -0.15) is 0 Å². The van der Waals surface area contributed by atoms with Crippen molar-refractivity contribution >= 4 is 26.0 Å². The van der Waals surface area contributed by atoms with Crippen LogP contribution in [-0.4, -0.2) is 49.1 Å². The highest BCUT2D eigenvalue weighted by Crippen LogP contribution is 2.44. The molecule has 2 aliphatic heterocycles. The van der Waals surface area contributed by atoms with Crippen molar-refractivity contribution in [3.05, 3.63) is 35.4 Å². The quantitative estimate of drug-likeness (QED) is 0.417. The van der Waals surface area contributed by atoms with Gasteiger partial charge in [0.05, 0.1) is 23.3 Å². The number of fused-ring (bicyclic) bond motifs is 1. The SMILES string of the molecule is CC(C)[Si](O[C@@H](C)[C@@H]1NC(=O)[C@H]1N1C(=O)c2ccccc2C1=O)(C(C)C)C(C)C. The second-order valence-corrected chi connectivity index (χ2v) is 14.6. The van der Waals surface area contributed by atoms with Crippen LogP contribution in [0.4, 0.5) is 0 Å². The molecule has 0 aliphatic carbocycles. The first-order valence-electron chi connectivity index (χ1n) is 10.5. The van der Waals surface area contributed by atoms with Crippen LogP contribution in [0.5, 0.6) is 0 Å². The minimum absolute atomic E-state index is 0.291. The Morgan fingerprint density at radius 3 is 1.69 bits per heavy atom. The van der Waals surface area contributed by atoms with Crippen molar-refractivity contribution in [2.45, 2.75) is 83.3 Å². The molecule has 0 saturated carbocycles. The standard InChI is InChI=1S/C22H32N2O4Si/c1-12(2)29(13(3)4,14(5)6)28-15(7)18-19(20(25)23-18)24-21(26)16-10-8-9-11-17(16)22(24)27/h8-15,18-19H,1-7H3,(H,23,25)/t15-,18-,19-/m0/s1. The Morgan fingerprint density at radius 2 is 1.31 bits per heavy atom. The van der Waals surface area contributed by atoms with E-state index in [1.807, 2.05) is 6.92 Å². The summed E-state index contributed by atoms with van der Waals surface area (Å²) in [6.45, 7) is 15.2. The maximum Gasteiger partial charge on any atom is 0.262 e. The van der Waals surface area contributed by atoms with E-state index in [9.17, 15) is 14.4 Å². The van der Waals surface area contributed by atoms with Gasteiger partial charge in [-0.15, -0.1) is 0 Å². The minimum Gasteiger partial charge on any atom is -0.411 e. The van der Waals surface area contributed by atoms with E-state index in [2.05, 4.69) is 46.9 Å². The molecule has 7 heteroatoms. The molecule has 1 fully saturated rings. The van der Waals surface area contributed by atoms with Crippen LogP contribution in [0.3, 0.4) is 0 Å². The minimum atomic E-state index is -2.16. The number of benzene rings is 1. The van der Waals surface area contributed by atoms with E-state index in [0.29, 0.717) is 27.8 Å². The van der Waals surface area contributed by atoms with Gasteiger partial charge in [0.2, 0.25) is 14.2 Å². The molecule has 158 valence electrons. The summed E-state index contributed by atoms with van der Waals surface area (Å²) >= 11 is 0. The molecule has 3 rings (SSSR count). The van der Waals surface area contributed by atoms with Gasteiger partial charge < -0.3 is 9.74 Å². The number of hydrogen-bond donors (Lipinski definition) is 1. The average molecular weight is 417 g/mol. The van der Waals surface area contributed by atoms with Crippen molar-refractivity contribution < 1.29 is 18.8 Å². The molecule has 1 N–H and O–H groups in total. The van der Waals surface area contributed by atoms with E-state index in [4.69, 9.17) is 4.43 Å². The third kappa shape index (κ3) is 3.24. The van der Waals surface area contributed by atoms with Gasteiger partial charge in [0.15, 0.2) is 0 Å². The molecule has 2 aliphatic rings. The first kappa shape index (κ1) is 21.7. The van der Waals surface area contributed by atoms with E-state index in [0.717, 1.165) is 4.90 Å². The van der Waals surface area contributed by atoms with Crippen molar-refractivity contribution in [2.24, 2.45) is 0 Å². The molecule has 0 radical (unpaired) electrons. The van der Waals surface area contributed by atoms with Crippen molar-refractivity contribution in [2.75, 3.05) is 0 Å². The summed E-state index contributed by atoms with van der Waals surface area (Å²) < 4.78 is 6.79. The predicted molar refractivity (Wildman–Crippen MR) is 114 cm³/mol. The highest BCUT2D eigenvalue weighted by molar-refractivity contribution is 6.77. The second kappa shape index (κ2) is 7.68. The Kier molecular flexibility index (Phi) is 5.75. The Balaban J connectivity index is 1.86. The smallest absolute Gasteiger partial charge is 0.262 e. The van der Waals surface area contributed by atoms with Crippen LogP contribution in [0.2, 0.25) is 16.6 Å². The number of hydrogen-bond acceptors (Lipinski definition) is 4. The molecule has 3 amide bonds. The normalized spacial score (nSPS) is 23.0. The molecule has 0 aromatic heterocycles. The molecule has 1 saturated heterocycles. The number of carbonyl (C=O) groups excluding carboxylic acids is 3. The van der Waals surface area contributed by atoms with Gasteiger partial charge in [-0.25, -0.2) is 0 Å². The zero-order valence-corrected chi connectivity index (χ0v) is 19.4. The molecule has 1 aromatic rings. The number of amides is 3. The van der Waals surface area contributed by atoms with Crippen LogP contribution in [0.15, 0.2) is 24.3 Å². The number of carbonyl (C=O) groups is 3. The summed E-state index contributed by atoms with van der Waals surface area (Å²) in [5, 5.41) is 2.89. The monoisotopic (exact) mass is 416 g/mol. The van der Waals surface area contributed by atoms with Gasteiger partial charge in [-0.05, 0) is 35.7 Å². The molecule has 0 bridgehead atoms. The largest absolute Gasteiger partial charge is 0.411 e. The molecule has 0 spiro atoms. The maximum absolute atomic E-state index is 12.9. The van der Waals surface area contributed by atoms with Gasteiger partial charge in [-0.1, -0.05) is 53.7 Å². The van der Waals surface area contributed by atoms with E-state index in [1.165, 1.54) is 0 Å². The number of rotatable bonds is 7. The second-order valence-electron chi connectivity index (χ2n) is 9.15. The van der Waals surface area contributed by atoms with Crippen LogP contribution in [0.1, 0.15) is 69.2 Å². The van der Waals surface area contributed by atoms with Crippen LogP contribution in [0.25, 0.3) is 0 Å². The summed E-state index contributed by atoms with van der Waals surface area (Å²) in [5.74, 6) is -1.10. The number of nitrogens with zero attached hydrogens (tertiary/aromatic N) is 1. The zero-order chi connectivity index (χ0) is 21.7. The van der Waals surface area contributed by atoms with Gasteiger partial charge in [-0.3, -0.25) is 19.3 Å². The van der Waals surface area contributed by atoms with Crippen LogP contribution in [0, 0.1) is 0 Å². The van der Waals surface area contributed by atoms with Crippen LogP contribution in [-0.2, 0) is 9.22 Å². The first-order chi connectivity index (χ1) is 13.5. The third-order valence-electron chi connectivity index (χ3n) is 6.62. The topological polar surface area (TPSA) is 75.7 Å². The summed E-state index contributed by atoms with van der Waals surface area (Å²) in [5.41, 5.74) is 1.93. The molecular weight excluding hydrogens is 384 g/mol. The number of imide groups is 1. The van der Waals surface area contributed by atoms with Crippen LogP contribution < -0.4 is 5.32 Å². The van der Waals surface area contributed by atoms with Gasteiger partial charge in [0, 0.05) is 0 Å². The molecule has 29 heavy (non-hydrogen) atoms. The Hall–Kier alpha value is -1.99.